The molecule has 0 aromatic carbocycles. The second-order valence-corrected chi connectivity index (χ2v) is 8.32. The Kier molecular flexibility index (Phi) is 11.2. The first-order valence-electron chi connectivity index (χ1n) is 8.47. The number of carbonyl (C=O) groups is 1. The van der Waals surface area contributed by atoms with Crippen LogP contribution in [0.3, 0.4) is 0 Å². The monoisotopic (exact) mass is 379 g/mol. The molecular weight excluding hydrogens is 346 g/mol. The van der Waals surface area contributed by atoms with Crippen LogP contribution in [0.1, 0.15) is 40.5 Å². The second kappa shape index (κ2) is 11.9. The van der Waals surface area contributed by atoms with E-state index >= 15 is 0 Å². The molecule has 0 bridgehead atoms. The zero-order valence-corrected chi connectivity index (χ0v) is 16.8. The molecule has 0 fully saturated rings. The van der Waals surface area contributed by atoms with Crippen LogP contribution in [0, 0.1) is 0 Å². The van der Waals surface area contributed by atoms with Crippen molar-refractivity contribution in [2.75, 3.05) is 39.0 Å². The van der Waals surface area contributed by atoms with E-state index in [0.29, 0.717) is 45.0 Å². The van der Waals surface area contributed by atoms with Crippen LogP contribution in [0.4, 0.5) is 4.79 Å². The zero-order chi connectivity index (χ0) is 19.3. The van der Waals surface area contributed by atoms with E-state index in [-0.39, 0.29) is 0 Å². The number of ether oxygens (including phenoxy) is 1. The maximum absolute atomic E-state index is 11.5. The van der Waals surface area contributed by atoms with E-state index in [1.807, 2.05) is 27.7 Å². The molecule has 10 heteroatoms. The van der Waals surface area contributed by atoms with Crippen molar-refractivity contribution in [3.8, 4) is 0 Å². The van der Waals surface area contributed by atoms with Gasteiger partial charge in [-0.25, -0.2) is 17.9 Å². The molecule has 0 saturated carbocycles. The average Bonchev–Trinajstić information content (AvgIpc) is 2.43. The van der Waals surface area contributed by atoms with Gasteiger partial charge in [0.25, 0.3) is 0 Å². The third kappa shape index (κ3) is 17.1. The molecule has 0 atom stereocenters. The lowest BCUT2D eigenvalue weighted by atomic mass is 10.2. The Morgan fingerprint density at radius 3 is 2.24 bits per heavy atom. The van der Waals surface area contributed by atoms with Crippen molar-refractivity contribution < 1.29 is 17.9 Å². The van der Waals surface area contributed by atoms with Gasteiger partial charge in [-0.1, -0.05) is 0 Å². The predicted octanol–water partition coefficient (Wildman–Crippen LogP) is 0.396. The fourth-order valence-corrected chi connectivity index (χ4v) is 2.18. The highest BCUT2D eigenvalue weighted by molar-refractivity contribution is 7.88. The molecule has 148 valence electrons. The minimum Gasteiger partial charge on any atom is -0.444 e. The van der Waals surface area contributed by atoms with Gasteiger partial charge in [-0.05, 0) is 40.5 Å². The molecule has 9 nitrogen and oxygen atoms in total. The fourth-order valence-electron chi connectivity index (χ4n) is 1.67. The molecule has 0 saturated heterocycles. The lowest BCUT2D eigenvalue weighted by Crippen LogP contribution is -2.39. The molecule has 0 aliphatic heterocycles. The summed E-state index contributed by atoms with van der Waals surface area (Å²) in [5, 5.41) is 8.92. The summed E-state index contributed by atoms with van der Waals surface area (Å²) < 4.78 is 29.5. The van der Waals surface area contributed by atoms with Crippen LogP contribution in [0.2, 0.25) is 0 Å². The normalized spacial score (nSPS) is 12.6. The van der Waals surface area contributed by atoms with Crippen molar-refractivity contribution in [2.24, 2.45) is 4.99 Å². The number of sulfonamides is 1. The molecule has 4 N–H and O–H groups in total. The van der Waals surface area contributed by atoms with Crippen molar-refractivity contribution in [3.63, 3.8) is 0 Å². The largest absolute Gasteiger partial charge is 0.444 e. The van der Waals surface area contributed by atoms with Crippen LogP contribution < -0.4 is 20.7 Å². The fraction of sp³-hybridized carbons (Fsp3) is 0.867. The quantitative estimate of drug-likeness (QED) is 0.248. The molecule has 0 aliphatic rings. The summed E-state index contributed by atoms with van der Waals surface area (Å²) in [7, 11) is -3.14. The number of rotatable bonds is 10. The van der Waals surface area contributed by atoms with E-state index in [0.717, 1.165) is 12.8 Å². The molecule has 0 radical (unpaired) electrons. The van der Waals surface area contributed by atoms with Gasteiger partial charge < -0.3 is 20.7 Å². The number of guanidine groups is 1. The number of nitrogens with zero attached hydrogens (tertiary/aromatic N) is 1. The van der Waals surface area contributed by atoms with Gasteiger partial charge in [-0.3, -0.25) is 4.99 Å². The molecule has 0 aliphatic carbocycles. The third-order valence-electron chi connectivity index (χ3n) is 2.63. The Hall–Kier alpha value is -1.55. The Labute approximate surface area is 151 Å². The van der Waals surface area contributed by atoms with Crippen molar-refractivity contribution in [3.05, 3.63) is 0 Å². The van der Waals surface area contributed by atoms with Crippen molar-refractivity contribution in [1.82, 2.24) is 20.7 Å². The van der Waals surface area contributed by atoms with Crippen LogP contribution in [0.15, 0.2) is 4.99 Å². The van der Waals surface area contributed by atoms with Crippen molar-refractivity contribution >= 4 is 22.1 Å². The number of hydrogen-bond donors (Lipinski definition) is 4. The number of nitrogens with one attached hydrogen (secondary N) is 4. The van der Waals surface area contributed by atoms with E-state index < -0.39 is 21.7 Å². The number of alkyl carbamates (subject to hydrolysis) is 1. The van der Waals surface area contributed by atoms with E-state index in [1.165, 1.54) is 0 Å². The maximum atomic E-state index is 11.5. The van der Waals surface area contributed by atoms with Gasteiger partial charge in [0.2, 0.25) is 10.0 Å². The SMILES string of the molecule is CCNC(=NCCCNC(=O)OC(C)(C)C)NCCCNS(C)(=O)=O. The smallest absolute Gasteiger partial charge is 0.407 e. The van der Waals surface area contributed by atoms with Crippen LogP contribution >= 0.6 is 0 Å². The Bertz CT molecular complexity index is 515. The highest BCUT2D eigenvalue weighted by Crippen LogP contribution is 2.06. The molecule has 0 unspecified atom stereocenters. The van der Waals surface area contributed by atoms with Crippen LogP contribution in [-0.2, 0) is 14.8 Å². The number of amides is 1. The summed E-state index contributed by atoms with van der Waals surface area (Å²) in [5.74, 6) is 0.666. The minimum absolute atomic E-state index is 0.380. The van der Waals surface area contributed by atoms with E-state index in [2.05, 4.69) is 25.7 Å². The zero-order valence-electron chi connectivity index (χ0n) is 15.9. The number of carbonyl (C=O) groups excluding carboxylic acids is 1. The van der Waals surface area contributed by atoms with Gasteiger partial charge in [-0.15, -0.1) is 0 Å². The Morgan fingerprint density at radius 1 is 1.04 bits per heavy atom. The maximum Gasteiger partial charge on any atom is 0.407 e. The van der Waals surface area contributed by atoms with Crippen molar-refractivity contribution in [2.45, 2.75) is 46.1 Å². The van der Waals surface area contributed by atoms with Gasteiger partial charge in [0, 0.05) is 32.7 Å². The van der Waals surface area contributed by atoms with E-state index in [1.54, 1.807) is 0 Å². The van der Waals surface area contributed by atoms with Crippen LogP contribution in [-0.4, -0.2) is 65.1 Å². The predicted molar refractivity (Wildman–Crippen MR) is 100 cm³/mol. The first-order chi connectivity index (χ1) is 11.5. The lowest BCUT2D eigenvalue weighted by Gasteiger charge is -2.19. The molecule has 0 heterocycles. The molecular formula is C15H33N5O4S. The summed E-state index contributed by atoms with van der Waals surface area (Å²) in [6.07, 6.45) is 2.04. The summed E-state index contributed by atoms with van der Waals surface area (Å²) in [5.41, 5.74) is -0.504. The highest BCUT2D eigenvalue weighted by Gasteiger charge is 2.15. The van der Waals surface area contributed by atoms with Gasteiger partial charge in [0.15, 0.2) is 5.96 Å². The Morgan fingerprint density at radius 2 is 1.68 bits per heavy atom. The highest BCUT2D eigenvalue weighted by atomic mass is 32.2. The lowest BCUT2D eigenvalue weighted by molar-refractivity contribution is 0.0527. The van der Waals surface area contributed by atoms with Crippen LogP contribution in [0.25, 0.3) is 0 Å². The van der Waals surface area contributed by atoms with Gasteiger partial charge >= 0.3 is 6.09 Å². The van der Waals surface area contributed by atoms with Gasteiger partial charge in [0.1, 0.15) is 5.60 Å². The van der Waals surface area contributed by atoms with Gasteiger partial charge in [-0.2, -0.15) is 0 Å². The Balaban J connectivity index is 3.97. The van der Waals surface area contributed by atoms with Gasteiger partial charge in [0.05, 0.1) is 6.26 Å². The number of aliphatic imine (C=N–C) groups is 1. The topological polar surface area (TPSA) is 121 Å². The summed E-state index contributed by atoms with van der Waals surface area (Å²) in [6.45, 7) is 10.2. The van der Waals surface area contributed by atoms with E-state index in [9.17, 15) is 13.2 Å². The molecule has 0 aromatic heterocycles. The molecule has 25 heavy (non-hydrogen) atoms. The van der Waals surface area contributed by atoms with Crippen LogP contribution in [0.5, 0.6) is 0 Å². The summed E-state index contributed by atoms with van der Waals surface area (Å²) >= 11 is 0. The number of hydrogen-bond acceptors (Lipinski definition) is 5. The standard InChI is InChI=1S/C15H33N5O4S/c1-6-16-13(18-10-8-12-20-25(5,22)23)17-9-7-11-19-14(21)24-15(2,3)4/h20H,6-12H2,1-5H3,(H,19,21)(H2,16,17,18). The molecule has 0 aromatic rings. The minimum atomic E-state index is -3.14. The first kappa shape index (κ1) is 23.4. The van der Waals surface area contributed by atoms with Crippen molar-refractivity contribution in [1.29, 1.82) is 0 Å². The average molecular weight is 380 g/mol. The first-order valence-corrected chi connectivity index (χ1v) is 10.4. The summed E-state index contributed by atoms with van der Waals surface area (Å²) in [6, 6.07) is 0. The third-order valence-corrected chi connectivity index (χ3v) is 3.36. The second-order valence-electron chi connectivity index (χ2n) is 6.49. The molecule has 1 amide bonds. The molecule has 0 rings (SSSR count). The summed E-state index contributed by atoms with van der Waals surface area (Å²) in [4.78, 5) is 15.9. The molecule has 0 spiro atoms. The van der Waals surface area contributed by atoms with E-state index in [4.69, 9.17) is 4.74 Å².